The van der Waals surface area contributed by atoms with Gasteiger partial charge in [-0.05, 0) is 19.9 Å². The molecule has 18 heavy (non-hydrogen) atoms. The number of aromatic carboxylic acids is 1. The van der Waals surface area contributed by atoms with Crippen LogP contribution in [0.2, 0.25) is 0 Å². The van der Waals surface area contributed by atoms with E-state index in [1.54, 1.807) is 6.92 Å². The molecule has 0 bridgehead atoms. The lowest BCUT2D eigenvalue weighted by Gasteiger charge is -2.15. The largest absolute Gasteiger partial charge is 0.508 e. The first-order valence-electron chi connectivity index (χ1n) is 5.36. The molecular weight excluding hydrogens is 240 g/mol. The SMILES string of the molecule is CCOC(=O)OC(C)c1cccc(C(=O)O)c1O. The minimum atomic E-state index is -1.25. The first-order chi connectivity index (χ1) is 8.47. The summed E-state index contributed by atoms with van der Waals surface area (Å²) >= 11 is 0. The third kappa shape index (κ3) is 3.13. The van der Waals surface area contributed by atoms with Crippen LogP contribution in [0.1, 0.15) is 35.9 Å². The zero-order chi connectivity index (χ0) is 13.7. The van der Waals surface area contributed by atoms with Gasteiger partial charge in [-0.3, -0.25) is 0 Å². The molecule has 2 N–H and O–H groups in total. The van der Waals surface area contributed by atoms with Crippen molar-refractivity contribution in [2.24, 2.45) is 0 Å². The van der Waals surface area contributed by atoms with Crippen LogP contribution in [-0.4, -0.2) is 28.9 Å². The monoisotopic (exact) mass is 254 g/mol. The molecule has 0 aliphatic carbocycles. The molecule has 1 rings (SSSR count). The number of benzene rings is 1. The standard InChI is InChI=1S/C12H14O6/c1-3-17-12(16)18-7(2)8-5-4-6-9(10(8)13)11(14)15/h4-7,13H,3H2,1-2H3,(H,14,15). The summed E-state index contributed by atoms with van der Waals surface area (Å²) in [5.74, 6) is -1.67. The predicted octanol–water partition coefficient (Wildman–Crippen LogP) is 2.32. The van der Waals surface area contributed by atoms with E-state index in [9.17, 15) is 14.7 Å². The maximum absolute atomic E-state index is 11.1. The lowest BCUT2D eigenvalue weighted by molar-refractivity contribution is 0.0310. The molecule has 6 nitrogen and oxygen atoms in total. The summed E-state index contributed by atoms with van der Waals surface area (Å²) in [6.45, 7) is 3.32. The Labute approximate surface area is 104 Å². The molecule has 1 aromatic carbocycles. The van der Waals surface area contributed by atoms with Crippen molar-refractivity contribution >= 4 is 12.1 Å². The third-order valence-electron chi connectivity index (χ3n) is 2.27. The molecule has 0 aliphatic heterocycles. The topological polar surface area (TPSA) is 93.1 Å². The van der Waals surface area contributed by atoms with Crippen molar-refractivity contribution in [1.82, 2.24) is 0 Å². The van der Waals surface area contributed by atoms with E-state index in [2.05, 4.69) is 4.74 Å². The van der Waals surface area contributed by atoms with Gasteiger partial charge >= 0.3 is 12.1 Å². The number of carboxylic acids is 1. The van der Waals surface area contributed by atoms with E-state index in [0.29, 0.717) is 0 Å². The Balaban J connectivity index is 2.92. The van der Waals surface area contributed by atoms with Crippen LogP contribution in [0, 0.1) is 0 Å². The number of hydrogen-bond acceptors (Lipinski definition) is 5. The summed E-state index contributed by atoms with van der Waals surface area (Å²) in [5, 5.41) is 18.6. The Hall–Kier alpha value is -2.24. The van der Waals surface area contributed by atoms with Gasteiger partial charge in [0.25, 0.3) is 0 Å². The van der Waals surface area contributed by atoms with Gasteiger partial charge in [-0.1, -0.05) is 12.1 Å². The van der Waals surface area contributed by atoms with Gasteiger partial charge < -0.3 is 19.7 Å². The van der Waals surface area contributed by atoms with Gasteiger partial charge in [0.1, 0.15) is 17.4 Å². The molecule has 0 saturated heterocycles. The molecule has 0 amide bonds. The van der Waals surface area contributed by atoms with Crippen LogP contribution in [0.3, 0.4) is 0 Å². The lowest BCUT2D eigenvalue weighted by Crippen LogP contribution is -2.11. The highest BCUT2D eigenvalue weighted by molar-refractivity contribution is 5.91. The molecule has 98 valence electrons. The van der Waals surface area contributed by atoms with Crippen molar-refractivity contribution in [1.29, 1.82) is 0 Å². The molecular formula is C12H14O6. The minimum absolute atomic E-state index is 0.173. The number of carbonyl (C=O) groups is 2. The van der Waals surface area contributed by atoms with Crippen LogP contribution < -0.4 is 0 Å². The molecule has 0 radical (unpaired) electrons. The van der Waals surface area contributed by atoms with Crippen molar-refractivity contribution in [3.63, 3.8) is 0 Å². The molecule has 0 fully saturated rings. The Morgan fingerprint density at radius 2 is 2.06 bits per heavy atom. The average Bonchev–Trinajstić information content (AvgIpc) is 2.28. The third-order valence-corrected chi connectivity index (χ3v) is 2.27. The number of hydrogen-bond donors (Lipinski definition) is 2. The van der Waals surface area contributed by atoms with E-state index >= 15 is 0 Å². The van der Waals surface area contributed by atoms with E-state index in [1.807, 2.05) is 0 Å². The maximum Gasteiger partial charge on any atom is 0.508 e. The Morgan fingerprint density at radius 1 is 1.39 bits per heavy atom. The van der Waals surface area contributed by atoms with Crippen LogP contribution in [0.15, 0.2) is 18.2 Å². The van der Waals surface area contributed by atoms with Crippen LogP contribution >= 0.6 is 0 Å². The Morgan fingerprint density at radius 3 is 2.61 bits per heavy atom. The van der Waals surface area contributed by atoms with Crippen LogP contribution in [-0.2, 0) is 9.47 Å². The second kappa shape index (κ2) is 5.90. The zero-order valence-electron chi connectivity index (χ0n) is 10.0. The van der Waals surface area contributed by atoms with Crippen molar-refractivity contribution in [2.75, 3.05) is 6.61 Å². The summed E-state index contributed by atoms with van der Waals surface area (Å²) in [7, 11) is 0. The number of phenols is 1. The van der Waals surface area contributed by atoms with E-state index in [0.717, 1.165) is 0 Å². The maximum atomic E-state index is 11.1. The second-order valence-corrected chi connectivity index (χ2v) is 3.49. The first-order valence-corrected chi connectivity index (χ1v) is 5.36. The molecule has 0 saturated carbocycles. The van der Waals surface area contributed by atoms with Gasteiger partial charge in [-0.15, -0.1) is 0 Å². The molecule has 1 aromatic rings. The van der Waals surface area contributed by atoms with Gasteiger partial charge in [0.15, 0.2) is 0 Å². The second-order valence-electron chi connectivity index (χ2n) is 3.49. The number of para-hydroxylation sites is 1. The van der Waals surface area contributed by atoms with Gasteiger partial charge in [0, 0.05) is 5.56 Å². The minimum Gasteiger partial charge on any atom is -0.507 e. The summed E-state index contributed by atoms with van der Waals surface area (Å²) in [6, 6.07) is 4.20. The summed E-state index contributed by atoms with van der Waals surface area (Å²) < 4.78 is 9.47. The highest BCUT2D eigenvalue weighted by Gasteiger charge is 2.20. The summed E-state index contributed by atoms with van der Waals surface area (Å²) in [6.07, 6.45) is -1.67. The Bertz CT molecular complexity index is 454. The first kappa shape index (κ1) is 13.8. The van der Waals surface area contributed by atoms with E-state index in [1.165, 1.54) is 25.1 Å². The molecule has 1 unspecified atom stereocenters. The number of aromatic hydroxyl groups is 1. The number of carbonyl (C=O) groups excluding carboxylic acids is 1. The van der Waals surface area contributed by atoms with Crippen molar-refractivity contribution < 1.29 is 29.3 Å². The average molecular weight is 254 g/mol. The van der Waals surface area contributed by atoms with Gasteiger partial charge in [0.2, 0.25) is 0 Å². The number of carboxylic acid groups (broad SMARTS) is 1. The van der Waals surface area contributed by atoms with Crippen molar-refractivity contribution in [2.45, 2.75) is 20.0 Å². The fourth-order valence-electron chi connectivity index (χ4n) is 1.42. The van der Waals surface area contributed by atoms with Crippen molar-refractivity contribution in [3.8, 4) is 5.75 Å². The zero-order valence-corrected chi connectivity index (χ0v) is 10.0. The van der Waals surface area contributed by atoms with E-state index in [-0.39, 0.29) is 17.7 Å². The van der Waals surface area contributed by atoms with Crippen LogP contribution in [0.4, 0.5) is 4.79 Å². The van der Waals surface area contributed by atoms with Gasteiger partial charge in [0.05, 0.1) is 6.61 Å². The fraction of sp³-hybridized carbons (Fsp3) is 0.333. The molecule has 0 spiro atoms. The molecule has 0 aromatic heterocycles. The molecule has 0 aliphatic rings. The van der Waals surface area contributed by atoms with Crippen LogP contribution in [0.5, 0.6) is 5.75 Å². The Kier molecular flexibility index (Phi) is 4.53. The highest BCUT2D eigenvalue weighted by atomic mass is 16.7. The molecule has 0 heterocycles. The highest BCUT2D eigenvalue weighted by Crippen LogP contribution is 2.30. The van der Waals surface area contributed by atoms with Gasteiger partial charge in [-0.2, -0.15) is 0 Å². The number of ether oxygens (including phenoxy) is 2. The summed E-state index contributed by atoms with van der Waals surface area (Å²) in [5.41, 5.74) is -0.0326. The fourth-order valence-corrected chi connectivity index (χ4v) is 1.42. The summed E-state index contributed by atoms with van der Waals surface area (Å²) in [4.78, 5) is 21.9. The van der Waals surface area contributed by atoms with Gasteiger partial charge in [-0.25, -0.2) is 9.59 Å². The quantitative estimate of drug-likeness (QED) is 0.801. The smallest absolute Gasteiger partial charge is 0.507 e. The van der Waals surface area contributed by atoms with E-state index in [4.69, 9.17) is 9.84 Å². The van der Waals surface area contributed by atoms with E-state index < -0.39 is 24.0 Å². The number of rotatable bonds is 4. The normalized spacial score (nSPS) is 11.7. The molecule has 1 atom stereocenters. The lowest BCUT2D eigenvalue weighted by atomic mass is 10.1. The predicted molar refractivity (Wildman–Crippen MR) is 61.6 cm³/mol. The molecule has 6 heteroatoms. The van der Waals surface area contributed by atoms with Crippen LogP contribution in [0.25, 0.3) is 0 Å². The van der Waals surface area contributed by atoms with Crippen molar-refractivity contribution in [3.05, 3.63) is 29.3 Å².